The Morgan fingerprint density at radius 1 is 0.500 bits per heavy atom. The lowest BCUT2D eigenvalue weighted by Gasteiger charge is -2.15. The van der Waals surface area contributed by atoms with Gasteiger partial charge in [0.05, 0.1) is 6.61 Å². The Balaban J connectivity index is -0.000000469. The predicted molar refractivity (Wildman–Crippen MR) is 118 cm³/mol. The van der Waals surface area contributed by atoms with Crippen LogP contribution in [0.5, 0.6) is 0 Å². The van der Waals surface area contributed by atoms with Crippen LogP contribution in [-0.2, 0) is 57.2 Å². The zero-order chi connectivity index (χ0) is 28.7. The van der Waals surface area contributed by atoms with E-state index < -0.39 is 54.1 Å². The zero-order valence-corrected chi connectivity index (χ0v) is 21.2. The number of carbonyl (C=O) groups excluding carboxylic acids is 6. The molecular weight excluding hydrogens is 492 g/mol. The van der Waals surface area contributed by atoms with Gasteiger partial charge in [-0.3, -0.25) is 28.8 Å². The van der Waals surface area contributed by atoms with E-state index in [1.165, 1.54) is 41.5 Å². The third kappa shape index (κ3) is 35.3. The fourth-order valence-corrected chi connectivity index (χ4v) is 1.51. The molecule has 15 nitrogen and oxygen atoms in total. The van der Waals surface area contributed by atoms with Crippen LogP contribution >= 0.6 is 0 Å². The summed E-state index contributed by atoms with van der Waals surface area (Å²) in [6, 6.07) is 0. The number of hydrogen-bond acceptors (Lipinski definition) is 15. The average Bonchev–Trinajstić information content (AvgIpc) is 2.76. The minimum atomic E-state index is -0.950. The van der Waals surface area contributed by atoms with Gasteiger partial charge in [-0.2, -0.15) is 0 Å². The maximum absolute atomic E-state index is 10.6. The normalized spacial score (nSPS) is 10.4. The van der Waals surface area contributed by atoms with E-state index in [9.17, 15) is 28.8 Å². The van der Waals surface area contributed by atoms with Crippen molar-refractivity contribution < 1.29 is 72.5 Å². The topological polar surface area (TPSA) is 218 Å². The van der Waals surface area contributed by atoms with E-state index in [4.69, 9.17) is 20.1 Å². The molecule has 0 saturated carbocycles. The Labute approximate surface area is 208 Å². The average molecular weight is 529 g/mol. The first-order valence-electron chi connectivity index (χ1n) is 10.4. The van der Waals surface area contributed by atoms with Crippen molar-refractivity contribution in [2.24, 2.45) is 0 Å². The molecule has 0 aromatic carbocycles. The molecule has 0 aliphatic rings. The number of esters is 6. The van der Waals surface area contributed by atoms with E-state index >= 15 is 0 Å². The number of carbonyl (C=O) groups is 6. The Kier molecular flexibility index (Phi) is 24.3. The number of hydrogen-bond donors (Lipinski definition) is 3. The van der Waals surface area contributed by atoms with E-state index in [1.807, 2.05) is 0 Å². The van der Waals surface area contributed by atoms with Gasteiger partial charge in [-0.25, -0.2) is 0 Å². The van der Waals surface area contributed by atoms with Gasteiger partial charge < -0.3 is 43.7 Å². The van der Waals surface area contributed by atoms with Crippen molar-refractivity contribution in [2.75, 3.05) is 39.6 Å². The summed E-state index contributed by atoms with van der Waals surface area (Å²) in [5.41, 5.74) is 0. The molecule has 0 rings (SSSR count). The molecule has 0 fully saturated rings. The molecule has 1 atom stereocenters. The summed E-state index contributed by atoms with van der Waals surface area (Å²) in [4.78, 5) is 62.2. The number of aliphatic hydroxyl groups is 3. The summed E-state index contributed by atoms with van der Waals surface area (Å²) in [7, 11) is 0. The molecule has 210 valence electrons. The first-order chi connectivity index (χ1) is 16.6. The van der Waals surface area contributed by atoms with Crippen molar-refractivity contribution in [3.8, 4) is 0 Å². The van der Waals surface area contributed by atoms with Crippen LogP contribution in [-0.4, -0.2) is 109 Å². The second-order valence-electron chi connectivity index (χ2n) is 6.73. The number of aliphatic hydroxyl groups excluding tert-OH is 3. The minimum absolute atomic E-state index is 0.123. The first kappa shape index (κ1) is 37.3. The molecule has 0 amide bonds. The van der Waals surface area contributed by atoms with Gasteiger partial charge in [0.15, 0.2) is 6.10 Å². The largest absolute Gasteiger partial charge is 0.463 e. The maximum Gasteiger partial charge on any atom is 0.303 e. The molecule has 0 bridgehead atoms. The molecule has 0 radical (unpaired) electrons. The highest BCUT2D eigenvalue weighted by atomic mass is 16.6. The summed E-state index contributed by atoms with van der Waals surface area (Å²) >= 11 is 0. The van der Waals surface area contributed by atoms with Gasteiger partial charge in [-0.1, -0.05) is 0 Å². The van der Waals surface area contributed by atoms with Crippen molar-refractivity contribution >= 4 is 35.8 Å². The van der Waals surface area contributed by atoms with Crippen molar-refractivity contribution in [1.82, 2.24) is 0 Å². The molecule has 0 saturated heterocycles. The van der Waals surface area contributed by atoms with Crippen LogP contribution in [0.4, 0.5) is 0 Å². The molecule has 36 heavy (non-hydrogen) atoms. The second-order valence-corrected chi connectivity index (χ2v) is 6.73. The molecule has 1 unspecified atom stereocenters. The third-order valence-corrected chi connectivity index (χ3v) is 2.93. The van der Waals surface area contributed by atoms with Crippen LogP contribution in [0.1, 0.15) is 41.5 Å². The highest BCUT2D eigenvalue weighted by molar-refractivity contribution is 5.68. The van der Waals surface area contributed by atoms with Crippen molar-refractivity contribution in [1.29, 1.82) is 0 Å². The van der Waals surface area contributed by atoms with E-state index in [1.54, 1.807) is 0 Å². The number of ether oxygens (including phenoxy) is 6. The monoisotopic (exact) mass is 528 g/mol. The highest BCUT2D eigenvalue weighted by Gasteiger charge is 2.15. The molecule has 15 heteroatoms. The minimum Gasteiger partial charge on any atom is -0.463 e. The molecule has 0 aliphatic heterocycles. The molecule has 3 N–H and O–H groups in total. The molecule has 0 spiro atoms. The van der Waals surface area contributed by atoms with Crippen LogP contribution < -0.4 is 0 Å². The third-order valence-electron chi connectivity index (χ3n) is 2.93. The van der Waals surface area contributed by atoms with Crippen LogP contribution in [0.3, 0.4) is 0 Å². The van der Waals surface area contributed by atoms with E-state index in [0.717, 1.165) is 0 Å². The van der Waals surface area contributed by atoms with Gasteiger partial charge in [0, 0.05) is 41.5 Å². The fourth-order valence-electron chi connectivity index (χ4n) is 1.51. The van der Waals surface area contributed by atoms with Gasteiger partial charge in [0.2, 0.25) is 0 Å². The van der Waals surface area contributed by atoms with Crippen molar-refractivity contribution in [3.63, 3.8) is 0 Å². The quantitative estimate of drug-likeness (QED) is 0.192. The molecule has 0 aliphatic carbocycles. The Morgan fingerprint density at radius 3 is 1.03 bits per heavy atom. The number of rotatable bonds is 12. The van der Waals surface area contributed by atoms with Crippen LogP contribution in [0.25, 0.3) is 0 Å². The predicted octanol–water partition coefficient (Wildman–Crippen LogP) is -1.58. The van der Waals surface area contributed by atoms with Gasteiger partial charge in [0.1, 0.15) is 45.2 Å². The SMILES string of the molecule is CC(=O)OCC(COC(C)=O)OC(C)=O.CC(=O)OCC(O)CO.CC(=O)OCC(O)COC(C)=O. The zero-order valence-electron chi connectivity index (χ0n) is 21.2. The Morgan fingerprint density at radius 2 is 0.778 bits per heavy atom. The summed E-state index contributed by atoms with van der Waals surface area (Å²) in [5.74, 6) is -2.92. The lowest BCUT2D eigenvalue weighted by Crippen LogP contribution is -2.29. The van der Waals surface area contributed by atoms with Gasteiger partial charge in [-0.05, 0) is 0 Å². The maximum atomic E-state index is 10.6. The van der Waals surface area contributed by atoms with Gasteiger partial charge >= 0.3 is 35.8 Å². The van der Waals surface area contributed by atoms with Crippen LogP contribution in [0, 0.1) is 0 Å². The van der Waals surface area contributed by atoms with Crippen LogP contribution in [0.2, 0.25) is 0 Å². The Bertz CT molecular complexity index is 640. The standard InChI is InChI=1S/C9H14O6.C7H12O5.C5H10O4/c1-6(10)13-4-9(15-8(3)12)5-14-7(2)11;1-5(8)11-3-7(10)4-12-6(2)9;1-4(7)9-3-5(8)2-6/h9H,4-5H2,1-3H3;7,10H,3-4H2,1-2H3;5-6,8H,2-3H2,1H3. The molecule has 0 aromatic heterocycles. The van der Waals surface area contributed by atoms with Crippen LogP contribution in [0.15, 0.2) is 0 Å². The summed E-state index contributed by atoms with van der Waals surface area (Å²) in [5, 5.41) is 25.8. The lowest BCUT2D eigenvalue weighted by atomic mass is 10.4. The van der Waals surface area contributed by atoms with Crippen molar-refractivity contribution in [2.45, 2.75) is 59.9 Å². The van der Waals surface area contributed by atoms with Crippen molar-refractivity contribution in [3.05, 3.63) is 0 Å². The second kappa shape index (κ2) is 23.4. The van der Waals surface area contributed by atoms with E-state index in [0.29, 0.717) is 0 Å². The van der Waals surface area contributed by atoms with E-state index in [-0.39, 0.29) is 39.6 Å². The summed E-state index contributed by atoms with van der Waals surface area (Å²) in [6.07, 6.45) is -2.65. The molecule has 0 aromatic rings. The van der Waals surface area contributed by atoms with Gasteiger partial charge in [-0.15, -0.1) is 0 Å². The summed E-state index contributed by atoms with van der Waals surface area (Å²) in [6.45, 7) is 6.33. The summed E-state index contributed by atoms with van der Waals surface area (Å²) < 4.78 is 27.3. The highest BCUT2D eigenvalue weighted by Crippen LogP contribution is 1.97. The molecule has 0 heterocycles. The van der Waals surface area contributed by atoms with Gasteiger partial charge in [0.25, 0.3) is 0 Å². The lowest BCUT2D eigenvalue weighted by molar-refractivity contribution is -0.163. The Hall–Kier alpha value is -3.30. The first-order valence-corrected chi connectivity index (χ1v) is 10.4. The fraction of sp³-hybridized carbons (Fsp3) is 0.714. The molecular formula is C21H36O15. The smallest absolute Gasteiger partial charge is 0.303 e. The van der Waals surface area contributed by atoms with E-state index in [2.05, 4.69) is 23.7 Å².